The van der Waals surface area contributed by atoms with E-state index in [9.17, 15) is 4.79 Å². The Balaban J connectivity index is 1.79. The van der Waals surface area contributed by atoms with Crippen LogP contribution in [0.4, 0.5) is 0 Å². The van der Waals surface area contributed by atoms with Crippen LogP contribution < -0.4 is 0 Å². The lowest BCUT2D eigenvalue weighted by Gasteiger charge is -2.17. The van der Waals surface area contributed by atoms with Crippen molar-refractivity contribution in [2.75, 3.05) is 26.8 Å². The summed E-state index contributed by atoms with van der Waals surface area (Å²) < 4.78 is 10.3. The minimum Gasteiger partial charge on any atom is -0.384 e. The number of carbonyl (C=O) groups is 1. The smallest absolute Gasteiger partial charge is 0.276 e. The average molecular weight is 301 g/mol. The van der Waals surface area contributed by atoms with Crippen molar-refractivity contribution < 1.29 is 14.1 Å². The molecule has 1 aliphatic rings. The monoisotopic (exact) mass is 301 g/mol. The summed E-state index contributed by atoms with van der Waals surface area (Å²) in [6, 6.07) is 5.68. The summed E-state index contributed by atoms with van der Waals surface area (Å²) in [4.78, 5) is 18.4. The van der Waals surface area contributed by atoms with Gasteiger partial charge in [-0.1, -0.05) is 5.16 Å². The first-order valence-electron chi connectivity index (χ1n) is 7.30. The summed E-state index contributed by atoms with van der Waals surface area (Å²) in [5.41, 5.74) is 1.55. The molecular formula is C16H19N3O3. The van der Waals surface area contributed by atoms with E-state index in [0.29, 0.717) is 31.2 Å². The van der Waals surface area contributed by atoms with Crippen LogP contribution in [-0.2, 0) is 4.74 Å². The van der Waals surface area contributed by atoms with Crippen LogP contribution in [0.3, 0.4) is 0 Å². The van der Waals surface area contributed by atoms with Crippen molar-refractivity contribution in [3.63, 3.8) is 0 Å². The molecule has 0 N–H and O–H groups in total. The first-order valence-corrected chi connectivity index (χ1v) is 7.30. The van der Waals surface area contributed by atoms with Crippen molar-refractivity contribution in [3.05, 3.63) is 47.6 Å². The zero-order valence-electron chi connectivity index (χ0n) is 12.7. The number of likely N-dealkylation sites (tertiary alicyclic amines) is 1. The summed E-state index contributed by atoms with van der Waals surface area (Å²) >= 11 is 0. The van der Waals surface area contributed by atoms with Crippen LogP contribution in [0.25, 0.3) is 0 Å². The largest absolute Gasteiger partial charge is 0.384 e. The van der Waals surface area contributed by atoms with Crippen molar-refractivity contribution in [1.29, 1.82) is 0 Å². The van der Waals surface area contributed by atoms with Gasteiger partial charge in [0.05, 0.1) is 6.61 Å². The second kappa shape index (κ2) is 6.27. The van der Waals surface area contributed by atoms with E-state index in [1.807, 2.05) is 17.0 Å². The highest BCUT2D eigenvalue weighted by Crippen LogP contribution is 2.33. The fourth-order valence-electron chi connectivity index (χ4n) is 3.04. The molecule has 0 spiro atoms. The molecule has 3 rings (SSSR count). The van der Waals surface area contributed by atoms with Crippen LogP contribution in [0.2, 0.25) is 0 Å². The molecule has 1 amide bonds. The summed E-state index contributed by atoms with van der Waals surface area (Å²) in [6.45, 7) is 3.71. The minimum atomic E-state index is -0.0884. The summed E-state index contributed by atoms with van der Waals surface area (Å²) in [6.07, 6.45) is 3.56. The fourth-order valence-corrected chi connectivity index (χ4v) is 3.04. The Morgan fingerprint density at radius 1 is 1.41 bits per heavy atom. The number of ether oxygens (including phenoxy) is 1. The van der Waals surface area contributed by atoms with E-state index in [4.69, 9.17) is 9.26 Å². The van der Waals surface area contributed by atoms with Crippen LogP contribution in [0.1, 0.15) is 27.7 Å². The third-order valence-electron chi connectivity index (χ3n) is 4.09. The zero-order valence-corrected chi connectivity index (χ0v) is 12.7. The number of hydrogen-bond donors (Lipinski definition) is 0. The molecule has 116 valence electrons. The van der Waals surface area contributed by atoms with Gasteiger partial charge in [0.1, 0.15) is 5.76 Å². The molecular weight excluding hydrogens is 282 g/mol. The Morgan fingerprint density at radius 3 is 2.82 bits per heavy atom. The number of aromatic nitrogens is 2. The predicted octanol–water partition coefficient (Wildman–Crippen LogP) is 1.88. The Kier molecular flexibility index (Phi) is 4.20. The molecule has 1 saturated heterocycles. The van der Waals surface area contributed by atoms with Crippen molar-refractivity contribution in [3.8, 4) is 0 Å². The van der Waals surface area contributed by atoms with Crippen LogP contribution in [0.5, 0.6) is 0 Å². The third-order valence-corrected chi connectivity index (χ3v) is 4.09. The molecule has 6 nitrogen and oxygen atoms in total. The minimum absolute atomic E-state index is 0.0884. The fraction of sp³-hybridized carbons (Fsp3) is 0.438. The van der Waals surface area contributed by atoms with Gasteiger partial charge in [0, 0.05) is 50.5 Å². The van der Waals surface area contributed by atoms with Gasteiger partial charge in [-0.2, -0.15) is 0 Å². The lowest BCUT2D eigenvalue weighted by Crippen LogP contribution is -2.29. The normalized spacial score (nSPS) is 21.3. The number of nitrogens with zero attached hydrogens (tertiary/aromatic N) is 3. The van der Waals surface area contributed by atoms with Crippen LogP contribution >= 0.6 is 0 Å². The Hall–Kier alpha value is -2.21. The molecule has 2 aromatic heterocycles. The summed E-state index contributed by atoms with van der Waals surface area (Å²) in [7, 11) is 1.69. The molecule has 0 aromatic carbocycles. The van der Waals surface area contributed by atoms with Crippen molar-refractivity contribution >= 4 is 5.91 Å². The maximum atomic E-state index is 12.5. The van der Waals surface area contributed by atoms with Crippen LogP contribution in [-0.4, -0.2) is 47.8 Å². The van der Waals surface area contributed by atoms with E-state index in [1.165, 1.54) is 5.56 Å². The topological polar surface area (TPSA) is 68.5 Å². The number of amides is 1. The van der Waals surface area contributed by atoms with Gasteiger partial charge in [-0.15, -0.1) is 0 Å². The van der Waals surface area contributed by atoms with Crippen molar-refractivity contribution in [2.24, 2.45) is 5.92 Å². The van der Waals surface area contributed by atoms with E-state index in [0.717, 1.165) is 0 Å². The van der Waals surface area contributed by atoms with Gasteiger partial charge in [-0.3, -0.25) is 9.78 Å². The van der Waals surface area contributed by atoms with Crippen molar-refractivity contribution in [2.45, 2.75) is 12.8 Å². The lowest BCUT2D eigenvalue weighted by atomic mass is 9.90. The molecule has 1 aliphatic heterocycles. The summed E-state index contributed by atoms with van der Waals surface area (Å²) in [5, 5.41) is 3.82. The lowest BCUT2D eigenvalue weighted by molar-refractivity contribution is 0.0765. The van der Waals surface area contributed by atoms with Gasteiger partial charge >= 0.3 is 0 Å². The van der Waals surface area contributed by atoms with E-state index in [2.05, 4.69) is 10.1 Å². The standard InChI is InChI=1S/C16H19N3O3/c1-11-7-15(18-22-11)16(20)19-8-13(10-21-2)14(9-19)12-3-5-17-6-4-12/h3-7,13-14H,8-10H2,1-2H3/t13-,14-/m0/s1. The Morgan fingerprint density at radius 2 is 2.18 bits per heavy atom. The van der Waals surface area contributed by atoms with Gasteiger partial charge in [0.25, 0.3) is 5.91 Å². The molecule has 3 heterocycles. The van der Waals surface area contributed by atoms with Gasteiger partial charge in [0.2, 0.25) is 0 Å². The van der Waals surface area contributed by atoms with Gasteiger partial charge in [-0.05, 0) is 24.6 Å². The molecule has 2 atom stereocenters. The van der Waals surface area contributed by atoms with Gasteiger partial charge in [-0.25, -0.2) is 0 Å². The number of carbonyl (C=O) groups excluding carboxylic acids is 1. The number of methoxy groups -OCH3 is 1. The van der Waals surface area contributed by atoms with Gasteiger partial charge in [0.15, 0.2) is 5.69 Å². The van der Waals surface area contributed by atoms with E-state index >= 15 is 0 Å². The molecule has 0 radical (unpaired) electrons. The predicted molar refractivity (Wildman–Crippen MR) is 79.5 cm³/mol. The highest BCUT2D eigenvalue weighted by molar-refractivity contribution is 5.92. The maximum Gasteiger partial charge on any atom is 0.276 e. The molecule has 0 unspecified atom stereocenters. The number of pyridine rings is 1. The molecule has 22 heavy (non-hydrogen) atoms. The van der Waals surface area contributed by atoms with Crippen LogP contribution in [0, 0.1) is 12.8 Å². The van der Waals surface area contributed by atoms with Crippen LogP contribution in [0.15, 0.2) is 35.1 Å². The average Bonchev–Trinajstić information content (AvgIpc) is 3.15. The quantitative estimate of drug-likeness (QED) is 0.862. The first-order chi connectivity index (χ1) is 10.7. The highest BCUT2D eigenvalue weighted by Gasteiger charge is 2.37. The molecule has 2 aromatic rings. The molecule has 1 fully saturated rings. The summed E-state index contributed by atoms with van der Waals surface area (Å²) in [5.74, 6) is 1.07. The Labute approximate surface area is 129 Å². The SMILES string of the molecule is COC[C@@H]1CN(C(=O)c2cc(C)on2)C[C@H]1c1ccncc1. The zero-order chi connectivity index (χ0) is 15.5. The number of aryl methyl sites for hydroxylation is 1. The molecule has 0 bridgehead atoms. The van der Waals surface area contributed by atoms with E-state index in [1.54, 1.807) is 32.5 Å². The van der Waals surface area contributed by atoms with E-state index in [-0.39, 0.29) is 17.7 Å². The molecule has 0 aliphatic carbocycles. The van der Waals surface area contributed by atoms with Gasteiger partial charge < -0.3 is 14.2 Å². The number of rotatable bonds is 4. The number of hydrogen-bond acceptors (Lipinski definition) is 5. The Bertz CT molecular complexity index is 641. The molecule has 6 heteroatoms. The van der Waals surface area contributed by atoms with Crippen molar-refractivity contribution in [1.82, 2.24) is 15.0 Å². The van der Waals surface area contributed by atoms with E-state index < -0.39 is 0 Å². The first kappa shape index (κ1) is 14.7. The second-order valence-electron chi connectivity index (χ2n) is 5.64. The second-order valence-corrected chi connectivity index (χ2v) is 5.64. The molecule has 0 saturated carbocycles. The third kappa shape index (κ3) is 2.87. The highest BCUT2D eigenvalue weighted by atomic mass is 16.5. The maximum absolute atomic E-state index is 12.5.